The van der Waals surface area contributed by atoms with Crippen molar-refractivity contribution in [1.82, 2.24) is 0 Å². The van der Waals surface area contributed by atoms with E-state index >= 15 is 0 Å². The number of aliphatic hydroxyl groups excluding tert-OH is 1. The van der Waals surface area contributed by atoms with Gasteiger partial charge in [-0.2, -0.15) is 0 Å². The molecule has 0 aromatic heterocycles. The number of aliphatic imine (C=N–C) groups is 1. The summed E-state index contributed by atoms with van der Waals surface area (Å²) in [5.74, 6) is 0.186. The van der Waals surface area contributed by atoms with E-state index in [0.717, 1.165) is 6.42 Å². The summed E-state index contributed by atoms with van der Waals surface area (Å²) in [6, 6.07) is 0. The van der Waals surface area contributed by atoms with E-state index in [0.29, 0.717) is 30.7 Å². The zero-order valence-electron chi connectivity index (χ0n) is 8.42. The normalized spacial score (nSPS) is 18.6. The van der Waals surface area contributed by atoms with Crippen molar-refractivity contribution >= 4 is 11.5 Å². The molecule has 0 aromatic carbocycles. The lowest BCUT2D eigenvalue weighted by atomic mass is 9.93. The molecule has 0 heterocycles. The maximum Gasteiger partial charge on any atom is 0.168 e. The molecule has 3 heteroatoms. The molecule has 0 bridgehead atoms. The summed E-state index contributed by atoms with van der Waals surface area (Å²) >= 11 is 0. The predicted octanol–water partition coefficient (Wildman–Crippen LogP) is 2.20. The molecule has 0 amide bonds. The molecule has 1 rings (SSSR count). The summed E-state index contributed by atoms with van der Waals surface area (Å²) in [6.45, 7) is 5.78. The van der Waals surface area contributed by atoms with E-state index in [9.17, 15) is 9.90 Å². The molecule has 14 heavy (non-hydrogen) atoms. The van der Waals surface area contributed by atoms with Crippen molar-refractivity contribution < 1.29 is 9.90 Å². The van der Waals surface area contributed by atoms with Crippen LogP contribution in [-0.4, -0.2) is 23.1 Å². The van der Waals surface area contributed by atoms with E-state index in [1.807, 2.05) is 0 Å². The summed E-state index contributed by atoms with van der Waals surface area (Å²) in [5.41, 5.74) is 1.03. The van der Waals surface area contributed by atoms with Gasteiger partial charge in [-0.25, -0.2) is 0 Å². The summed E-state index contributed by atoms with van der Waals surface area (Å²) in [7, 11) is 0. The van der Waals surface area contributed by atoms with Gasteiger partial charge in [-0.05, 0) is 13.3 Å². The third kappa shape index (κ3) is 2.31. The third-order valence-electron chi connectivity index (χ3n) is 2.20. The number of nitrogens with zero attached hydrogens (tertiary/aromatic N) is 1. The van der Waals surface area contributed by atoms with Crippen LogP contribution in [0.2, 0.25) is 0 Å². The molecule has 0 atom stereocenters. The standard InChI is InChI=1S/C11H15NO2/c1-3-7-12-8(2)11-9(13)5-4-6-10(11)14/h3,13H,1,4-7H2,2H3. The SMILES string of the molecule is C=CCN=C(C)C1=C(O)CCCC1=O. The Morgan fingerprint density at radius 2 is 2.36 bits per heavy atom. The second-order valence-corrected chi connectivity index (χ2v) is 3.31. The number of rotatable bonds is 3. The van der Waals surface area contributed by atoms with E-state index in [2.05, 4.69) is 11.6 Å². The lowest BCUT2D eigenvalue weighted by Gasteiger charge is -2.14. The van der Waals surface area contributed by atoms with Crippen LogP contribution < -0.4 is 0 Å². The largest absolute Gasteiger partial charge is 0.511 e. The van der Waals surface area contributed by atoms with Crippen LogP contribution in [0, 0.1) is 0 Å². The zero-order chi connectivity index (χ0) is 10.6. The van der Waals surface area contributed by atoms with Gasteiger partial charge in [-0.3, -0.25) is 9.79 Å². The fraction of sp³-hybridized carbons (Fsp3) is 0.455. The quantitative estimate of drug-likeness (QED) is 0.551. The fourth-order valence-electron chi connectivity index (χ4n) is 1.52. The van der Waals surface area contributed by atoms with Gasteiger partial charge in [0.15, 0.2) is 5.78 Å². The van der Waals surface area contributed by atoms with Crippen molar-refractivity contribution in [2.45, 2.75) is 26.2 Å². The molecule has 0 aromatic rings. The van der Waals surface area contributed by atoms with Crippen LogP contribution in [0.3, 0.4) is 0 Å². The van der Waals surface area contributed by atoms with Gasteiger partial charge >= 0.3 is 0 Å². The first-order valence-electron chi connectivity index (χ1n) is 4.74. The Bertz CT molecular complexity index is 313. The Labute approximate surface area is 83.9 Å². The highest BCUT2D eigenvalue weighted by Crippen LogP contribution is 2.21. The van der Waals surface area contributed by atoms with Gasteiger partial charge < -0.3 is 5.11 Å². The Kier molecular flexibility index (Phi) is 3.63. The molecule has 3 nitrogen and oxygen atoms in total. The lowest BCUT2D eigenvalue weighted by Crippen LogP contribution is -2.17. The monoisotopic (exact) mass is 193 g/mol. The Morgan fingerprint density at radius 3 is 2.93 bits per heavy atom. The molecule has 76 valence electrons. The number of hydrogen-bond acceptors (Lipinski definition) is 3. The van der Waals surface area contributed by atoms with Gasteiger partial charge in [-0.15, -0.1) is 6.58 Å². The second-order valence-electron chi connectivity index (χ2n) is 3.31. The minimum Gasteiger partial charge on any atom is -0.511 e. The highest BCUT2D eigenvalue weighted by atomic mass is 16.3. The summed E-state index contributed by atoms with van der Waals surface area (Å²) in [4.78, 5) is 15.6. The molecule has 1 aliphatic rings. The van der Waals surface area contributed by atoms with Gasteiger partial charge in [0, 0.05) is 18.6 Å². The van der Waals surface area contributed by atoms with Crippen LogP contribution in [0.25, 0.3) is 0 Å². The number of allylic oxidation sites excluding steroid dienone is 2. The average molecular weight is 193 g/mol. The Hall–Kier alpha value is -1.38. The molecule has 0 fully saturated rings. The van der Waals surface area contributed by atoms with Crippen molar-refractivity contribution in [2.75, 3.05) is 6.54 Å². The van der Waals surface area contributed by atoms with E-state index < -0.39 is 0 Å². The van der Waals surface area contributed by atoms with Crippen LogP contribution in [0.4, 0.5) is 0 Å². The third-order valence-corrected chi connectivity index (χ3v) is 2.20. The molecular formula is C11H15NO2. The fourth-order valence-corrected chi connectivity index (χ4v) is 1.52. The highest BCUT2D eigenvalue weighted by molar-refractivity contribution is 6.22. The molecule has 0 saturated carbocycles. The van der Waals surface area contributed by atoms with E-state index in [1.54, 1.807) is 13.0 Å². The van der Waals surface area contributed by atoms with Crippen LogP contribution >= 0.6 is 0 Å². The first-order chi connectivity index (χ1) is 6.66. The molecule has 0 spiro atoms. The van der Waals surface area contributed by atoms with E-state index in [4.69, 9.17) is 0 Å². The molecule has 0 aliphatic heterocycles. The summed E-state index contributed by atoms with van der Waals surface area (Å²) < 4.78 is 0. The lowest BCUT2D eigenvalue weighted by molar-refractivity contribution is -0.115. The zero-order valence-corrected chi connectivity index (χ0v) is 8.42. The smallest absolute Gasteiger partial charge is 0.168 e. The van der Waals surface area contributed by atoms with Crippen molar-refractivity contribution in [1.29, 1.82) is 0 Å². The van der Waals surface area contributed by atoms with Crippen LogP contribution in [-0.2, 0) is 4.79 Å². The predicted molar refractivity (Wildman–Crippen MR) is 56.7 cm³/mol. The molecule has 1 N–H and O–H groups in total. The van der Waals surface area contributed by atoms with Gasteiger partial charge in [-0.1, -0.05) is 6.08 Å². The molecular weight excluding hydrogens is 178 g/mol. The molecule has 0 unspecified atom stereocenters. The average Bonchev–Trinajstić information content (AvgIpc) is 2.14. The minimum atomic E-state index is -0.000868. The van der Waals surface area contributed by atoms with E-state index in [-0.39, 0.29) is 11.5 Å². The Morgan fingerprint density at radius 1 is 1.64 bits per heavy atom. The second kappa shape index (κ2) is 4.74. The molecule has 0 radical (unpaired) electrons. The highest BCUT2D eigenvalue weighted by Gasteiger charge is 2.21. The van der Waals surface area contributed by atoms with Crippen LogP contribution in [0.5, 0.6) is 0 Å². The van der Waals surface area contributed by atoms with Crippen molar-refractivity contribution in [3.63, 3.8) is 0 Å². The van der Waals surface area contributed by atoms with Crippen molar-refractivity contribution in [3.05, 3.63) is 24.0 Å². The van der Waals surface area contributed by atoms with Gasteiger partial charge in [0.05, 0.1) is 12.1 Å². The topological polar surface area (TPSA) is 49.7 Å². The number of carbonyl (C=O) groups excluding carboxylic acids is 1. The molecule has 1 aliphatic carbocycles. The number of carbonyl (C=O) groups is 1. The van der Waals surface area contributed by atoms with Gasteiger partial charge in [0.25, 0.3) is 0 Å². The van der Waals surface area contributed by atoms with Crippen LogP contribution in [0.1, 0.15) is 26.2 Å². The molecule has 0 saturated heterocycles. The van der Waals surface area contributed by atoms with Gasteiger partial charge in [0.1, 0.15) is 5.76 Å². The Balaban J connectivity index is 2.93. The van der Waals surface area contributed by atoms with Crippen molar-refractivity contribution in [3.8, 4) is 0 Å². The number of aliphatic hydroxyl groups is 1. The maximum absolute atomic E-state index is 11.5. The maximum atomic E-state index is 11.5. The summed E-state index contributed by atoms with van der Waals surface area (Å²) in [5, 5.41) is 9.56. The first kappa shape index (κ1) is 10.7. The number of hydrogen-bond donors (Lipinski definition) is 1. The van der Waals surface area contributed by atoms with Crippen molar-refractivity contribution in [2.24, 2.45) is 4.99 Å². The van der Waals surface area contributed by atoms with Gasteiger partial charge in [0.2, 0.25) is 0 Å². The van der Waals surface area contributed by atoms with Crippen LogP contribution in [0.15, 0.2) is 29.0 Å². The summed E-state index contributed by atoms with van der Waals surface area (Å²) in [6.07, 6.45) is 3.50. The number of ketones is 1. The minimum absolute atomic E-state index is 0.000868. The number of Topliss-reactive ketones (excluding diaryl/α,β-unsaturated/α-hetero) is 1. The first-order valence-corrected chi connectivity index (χ1v) is 4.74. The van der Waals surface area contributed by atoms with E-state index in [1.165, 1.54) is 0 Å².